The molecule has 0 saturated carbocycles. The van der Waals surface area contributed by atoms with Crippen LogP contribution >= 0.6 is 11.6 Å². The SMILES string of the molecule is Cc1cc(C(=O)N2CCN(Cc3ncc(Cl)n3C)CC2)on1. The second-order valence-corrected chi connectivity index (χ2v) is 5.84. The lowest BCUT2D eigenvalue weighted by molar-refractivity contribution is 0.0584. The van der Waals surface area contributed by atoms with Crippen LogP contribution in [0.2, 0.25) is 5.15 Å². The molecule has 3 rings (SSSR count). The van der Waals surface area contributed by atoms with E-state index in [1.54, 1.807) is 24.1 Å². The van der Waals surface area contributed by atoms with Crippen LogP contribution in [0, 0.1) is 6.92 Å². The summed E-state index contributed by atoms with van der Waals surface area (Å²) >= 11 is 5.99. The third-order valence-corrected chi connectivity index (χ3v) is 4.24. The molecule has 8 heteroatoms. The maximum atomic E-state index is 12.3. The number of imidazole rings is 1. The first-order valence-corrected chi connectivity index (χ1v) is 7.53. The van der Waals surface area contributed by atoms with Crippen molar-refractivity contribution in [1.82, 2.24) is 24.5 Å². The smallest absolute Gasteiger partial charge is 0.292 e. The molecule has 0 aromatic carbocycles. The predicted octanol–water partition coefficient (Wildman–Crippen LogP) is 1.33. The second-order valence-electron chi connectivity index (χ2n) is 5.46. The Bertz CT molecular complexity index is 673. The van der Waals surface area contributed by atoms with Gasteiger partial charge in [0.25, 0.3) is 5.91 Å². The van der Waals surface area contributed by atoms with Crippen LogP contribution in [0.1, 0.15) is 22.1 Å². The summed E-state index contributed by atoms with van der Waals surface area (Å²) in [6.45, 7) is 5.45. The van der Waals surface area contributed by atoms with E-state index < -0.39 is 0 Å². The third-order valence-electron chi connectivity index (χ3n) is 3.89. The van der Waals surface area contributed by atoms with Gasteiger partial charge in [-0.25, -0.2) is 4.98 Å². The van der Waals surface area contributed by atoms with Gasteiger partial charge in [-0.2, -0.15) is 0 Å². The first-order valence-electron chi connectivity index (χ1n) is 7.15. The first-order chi connectivity index (χ1) is 10.5. The molecule has 7 nitrogen and oxygen atoms in total. The van der Waals surface area contributed by atoms with Gasteiger partial charge < -0.3 is 14.0 Å². The molecule has 0 atom stereocenters. The normalized spacial score (nSPS) is 16.2. The molecule has 1 fully saturated rings. The van der Waals surface area contributed by atoms with Crippen LogP contribution in [0.25, 0.3) is 0 Å². The number of aromatic nitrogens is 3. The molecule has 0 spiro atoms. The number of amides is 1. The van der Waals surface area contributed by atoms with E-state index in [9.17, 15) is 4.79 Å². The number of piperazine rings is 1. The highest BCUT2D eigenvalue weighted by atomic mass is 35.5. The Morgan fingerprint density at radius 3 is 2.64 bits per heavy atom. The fraction of sp³-hybridized carbons (Fsp3) is 0.500. The average molecular weight is 324 g/mol. The topological polar surface area (TPSA) is 67.4 Å². The summed E-state index contributed by atoms with van der Waals surface area (Å²) in [7, 11) is 1.90. The molecule has 1 aliphatic rings. The van der Waals surface area contributed by atoms with E-state index in [2.05, 4.69) is 15.0 Å². The summed E-state index contributed by atoms with van der Waals surface area (Å²) in [4.78, 5) is 20.6. The Morgan fingerprint density at radius 1 is 1.36 bits per heavy atom. The second kappa shape index (κ2) is 6.10. The van der Waals surface area contributed by atoms with Crippen molar-refractivity contribution in [3.63, 3.8) is 0 Å². The zero-order chi connectivity index (χ0) is 15.7. The van der Waals surface area contributed by atoms with Crippen LogP contribution in [0.3, 0.4) is 0 Å². The Balaban J connectivity index is 1.56. The van der Waals surface area contributed by atoms with Crippen molar-refractivity contribution in [1.29, 1.82) is 0 Å². The van der Waals surface area contributed by atoms with E-state index in [1.807, 2.05) is 11.6 Å². The molecule has 1 aliphatic heterocycles. The third kappa shape index (κ3) is 3.00. The molecule has 0 unspecified atom stereocenters. The summed E-state index contributed by atoms with van der Waals surface area (Å²) < 4.78 is 6.91. The molecule has 0 N–H and O–H groups in total. The largest absolute Gasteiger partial charge is 0.351 e. The summed E-state index contributed by atoms with van der Waals surface area (Å²) in [6.07, 6.45) is 1.66. The summed E-state index contributed by atoms with van der Waals surface area (Å²) in [5, 5.41) is 4.39. The minimum Gasteiger partial charge on any atom is -0.351 e. The Labute approximate surface area is 133 Å². The lowest BCUT2D eigenvalue weighted by Gasteiger charge is -2.33. The summed E-state index contributed by atoms with van der Waals surface area (Å²) in [5.74, 6) is 1.14. The molecule has 0 bridgehead atoms. The quantitative estimate of drug-likeness (QED) is 0.852. The van der Waals surface area contributed by atoms with Crippen LogP contribution in [0.5, 0.6) is 0 Å². The van der Waals surface area contributed by atoms with E-state index >= 15 is 0 Å². The lowest BCUT2D eigenvalue weighted by Crippen LogP contribution is -2.48. The van der Waals surface area contributed by atoms with Crippen molar-refractivity contribution in [3.8, 4) is 0 Å². The number of halogens is 1. The molecule has 2 aromatic heterocycles. The van der Waals surface area contributed by atoms with Gasteiger partial charge in [-0.3, -0.25) is 9.69 Å². The van der Waals surface area contributed by atoms with Gasteiger partial charge in [0.15, 0.2) is 0 Å². The van der Waals surface area contributed by atoms with Gasteiger partial charge in [0.05, 0.1) is 18.4 Å². The molecule has 2 aromatic rings. The Morgan fingerprint density at radius 2 is 2.09 bits per heavy atom. The van der Waals surface area contributed by atoms with Gasteiger partial charge in [-0.05, 0) is 6.92 Å². The number of aryl methyl sites for hydroxylation is 1. The van der Waals surface area contributed by atoms with E-state index in [-0.39, 0.29) is 5.91 Å². The highest BCUT2D eigenvalue weighted by Gasteiger charge is 2.25. The number of carbonyl (C=O) groups excluding carboxylic acids is 1. The average Bonchev–Trinajstić information content (AvgIpc) is 3.08. The molecular weight excluding hydrogens is 306 g/mol. The van der Waals surface area contributed by atoms with Crippen molar-refractivity contribution >= 4 is 17.5 Å². The predicted molar refractivity (Wildman–Crippen MR) is 80.6 cm³/mol. The van der Waals surface area contributed by atoms with Crippen LogP contribution in [-0.4, -0.2) is 56.6 Å². The lowest BCUT2D eigenvalue weighted by atomic mass is 10.2. The van der Waals surface area contributed by atoms with Crippen molar-refractivity contribution in [2.45, 2.75) is 13.5 Å². The summed E-state index contributed by atoms with van der Waals surface area (Å²) in [6, 6.07) is 1.67. The van der Waals surface area contributed by atoms with Crippen molar-refractivity contribution in [2.75, 3.05) is 26.2 Å². The van der Waals surface area contributed by atoms with E-state index in [0.29, 0.717) is 29.7 Å². The number of rotatable bonds is 3. The van der Waals surface area contributed by atoms with Crippen molar-refractivity contribution < 1.29 is 9.32 Å². The maximum absolute atomic E-state index is 12.3. The van der Waals surface area contributed by atoms with Gasteiger partial charge in [-0.15, -0.1) is 0 Å². The molecule has 0 aliphatic carbocycles. The fourth-order valence-electron chi connectivity index (χ4n) is 2.50. The standard InChI is InChI=1S/C14H18ClN5O2/c1-10-7-11(22-17-10)14(21)20-5-3-19(4-6-20)9-13-16-8-12(15)18(13)2/h7-8H,3-6,9H2,1-2H3. The van der Waals surface area contributed by atoms with E-state index in [0.717, 1.165) is 25.5 Å². The van der Waals surface area contributed by atoms with Gasteiger partial charge >= 0.3 is 0 Å². The molecule has 0 radical (unpaired) electrons. The highest BCUT2D eigenvalue weighted by Crippen LogP contribution is 2.14. The maximum Gasteiger partial charge on any atom is 0.292 e. The van der Waals surface area contributed by atoms with Crippen LogP contribution in [0.4, 0.5) is 0 Å². The van der Waals surface area contributed by atoms with Crippen molar-refractivity contribution in [3.05, 3.63) is 34.7 Å². The minimum atomic E-state index is -0.0970. The van der Waals surface area contributed by atoms with E-state index in [1.165, 1.54) is 0 Å². The van der Waals surface area contributed by atoms with Crippen LogP contribution in [-0.2, 0) is 13.6 Å². The van der Waals surface area contributed by atoms with Crippen molar-refractivity contribution in [2.24, 2.45) is 7.05 Å². The number of hydrogen-bond donors (Lipinski definition) is 0. The number of carbonyl (C=O) groups is 1. The zero-order valence-corrected chi connectivity index (χ0v) is 13.4. The Kier molecular flexibility index (Phi) is 4.17. The monoisotopic (exact) mass is 323 g/mol. The molecular formula is C14H18ClN5O2. The molecule has 22 heavy (non-hydrogen) atoms. The van der Waals surface area contributed by atoms with Gasteiger partial charge in [-0.1, -0.05) is 16.8 Å². The molecule has 1 amide bonds. The van der Waals surface area contributed by atoms with Gasteiger partial charge in [0.2, 0.25) is 5.76 Å². The molecule has 3 heterocycles. The molecule has 1 saturated heterocycles. The van der Waals surface area contributed by atoms with Gasteiger partial charge in [0.1, 0.15) is 11.0 Å². The first kappa shape index (κ1) is 15.1. The summed E-state index contributed by atoms with van der Waals surface area (Å²) in [5.41, 5.74) is 0.716. The van der Waals surface area contributed by atoms with E-state index in [4.69, 9.17) is 16.1 Å². The van der Waals surface area contributed by atoms with Gasteiger partial charge in [0, 0.05) is 39.3 Å². The Hall–Kier alpha value is -1.86. The number of hydrogen-bond acceptors (Lipinski definition) is 5. The van der Waals surface area contributed by atoms with Crippen LogP contribution in [0.15, 0.2) is 16.8 Å². The zero-order valence-electron chi connectivity index (χ0n) is 12.6. The van der Waals surface area contributed by atoms with Crippen LogP contribution < -0.4 is 0 Å². The highest BCUT2D eigenvalue weighted by molar-refractivity contribution is 6.29. The minimum absolute atomic E-state index is 0.0970. The number of nitrogens with zero attached hydrogens (tertiary/aromatic N) is 5. The molecule has 118 valence electrons. The fourth-order valence-corrected chi connectivity index (χ4v) is 2.65.